The van der Waals surface area contributed by atoms with Crippen molar-refractivity contribution in [3.8, 4) is 0 Å². The topological polar surface area (TPSA) is 71.1 Å². The van der Waals surface area contributed by atoms with Gasteiger partial charge >= 0.3 is 0 Å². The summed E-state index contributed by atoms with van der Waals surface area (Å²) in [5, 5.41) is 11.2. The minimum absolute atomic E-state index is 0.267. The van der Waals surface area contributed by atoms with Gasteiger partial charge in [-0.25, -0.2) is 0 Å². The molecule has 0 bridgehead atoms. The molecule has 0 saturated carbocycles. The van der Waals surface area contributed by atoms with Crippen molar-refractivity contribution in [2.45, 2.75) is 13.3 Å². The highest BCUT2D eigenvalue weighted by Crippen LogP contribution is 1.88. The quantitative estimate of drug-likeness (QED) is 0.196. The molecule has 0 amide bonds. The van der Waals surface area contributed by atoms with Crippen LogP contribution >= 0.6 is 0 Å². The standard InChI is InChI=1S/C8H19N3O2/c1-3-13-7-6-11(2)5-4-8(9)10-12/h12H,3-7H2,1-2H3,(H2,9,10). The van der Waals surface area contributed by atoms with Crippen molar-refractivity contribution in [1.29, 1.82) is 0 Å². The average molecular weight is 189 g/mol. The normalized spacial score (nSPS) is 12.4. The molecule has 0 aliphatic heterocycles. The van der Waals surface area contributed by atoms with Crippen LogP contribution in [-0.2, 0) is 4.74 Å². The SMILES string of the molecule is CCOCCN(C)CC/C(N)=N/O. The molecule has 0 radical (unpaired) electrons. The van der Waals surface area contributed by atoms with Crippen LogP contribution < -0.4 is 5.73 Å². The maximum Gasteiger partial charge on any atom is 0.140 e. The van der Waals surface area contributed by atoms with Crippen LogP contribution in [0.25, 0.3) is 0 Å². The number of nitrogens with zero attached hydrogens (tertiary/aromatic N) is 2. The molecule has 5 nitrogen and oxygen atoms in total. The number of nitrogens with two attached hydrogens (primary N) is 1. The first-order valence-corrected chi connectivity index (χ1v) is 4.43. The Balaban J connectivity index is 3.34. The number of ether oxygens (including phenoxy) is 1. The second-order valence-corrected chi connectivity index (χ2v) is 2.84. The van der Waals surface area contributed by atoms with E-state index in [1.54, 1.807) is 0 Å². The van der Waals surface area contributed by atoms with Gasteiger partial charge in [0.1, 0.15) is 5.84 Å². The van der Waals surface area contributed by atoms with Crippen molar-refractivity contribution in [1.82, 2.24) is 4.90 Å². The van der Waals surface area contributed by atoms with E-state index in [0.717, 1.165) is 26.3 Å². The van der Waals surface area contributed by atoms with Crippen LogP contribution in [0.5, 0.6) is 0 Å². The summed E-state index contributed by atoms with van der Waals surface area (Å²) >= 11 is 0. The largest absolute Gasteiger partial charge is 0.409 e. The third-order valence-corrected chi connectivity index (χ3v) is 1.70. The number of hydrogen-bond acceptors (Lipinski definition) is 4. The molecule has 0 heterocycles. The van der Waals surface area contributed by atoms with Crippen molar-refractivity contribution in [3.05, 3.63) is 0 Å². The van der Waals surface area contributed by atoms with Gasteiger partial charge in [0.15, 0.2) is 0 Å². The number of amidine groups is 1. The zero-order valence-electron chi connectivity index (χ0n) is 8.36. The third-order valence-electron chi connectivity index (χ3n) is 1.70. The average Bonchev–Trinajstić information content (AvgIpc) is 2.14. The van der Waals surface area contributed by atoms with Gasteiger partial charge in [0.2, 0.25) is 0 Å². The zero-order chi connectivity index (χ0) is 10.1. The molecule has 0 aliphatic carbocycles. The van der Waals surface area contributed by atoms with E-state index in [9.17, 15) is 0 Å². The zero-order valence-corrected chi connectivity index (χ0v) is 8.36. The Morgan fingerprint density at radius 2 is 2.23 bits per heavy atom. The number of oxime groups is 1. The lowest BCUT2D eigenvalue weighted by molar-refractivity contribution is 0.123. The summed E-state index contributed by atoms with van der Waals surface area (Å²) < 4.78 is 5.18. The third kappa shape index (κ3) is 7.55. The summed E-state index contributed by atoms with van der Waals surface area (Å²) in [7, 11) is 1.98. The molecule has 0 atom stereocenters. The first kappa shape index (κ1) is 12.2. The molecule has 0 aliphatic rings. The van der Waals surface area contributed by atoms with E-state index in [1.807, 2.05) is 14.0 Å². The Morgan fingerprint density at radius 1 is 1.54 bits per heavy atom. The number of likely N-dealkylation sites (N-methyl/N-ethyl adjacent to an activating group) is 1. The Bertz CT molecular complexity index is 150. The van der Waals surface area contributed by atoms with E-state index in [-0.39, 0.29) is 5.84 Å². The van der Waals surface area contributed by atoms with Crippen LogP contribution in [0.3, 0.4) is 0 Å². The fourth-order valence-corrected chi connectivity index (χ4v) is 0.832. The van der Waals surface area contributed by atoms with E-state index >= 15 is 0 Å². The van der Waals surface area contributed by atoms with E-state index in [1.165, 1.54) is 0 Å². The predicted molar refractivity (Wildman–Crippen MR) is 52.0 cm³/mol. The Hall–Kier alpha value is -0.810. The van der Waals surface area contributed by atoms with Gasteiger partial charge in [-0.05, 0) is 14.0 Å². The highest BCUT2D eigenvalue weighted by Gasteiger charge is 1.99. The summed E-state index contributed by atoms with van der Waals surface area (Å²) in [6.07, 6.45) is 0.582. The minimum Gasteiger partial charge on any atom is -0.409 e. The maximum atomic E-state index is 8.28. The fourth-order valence-electron chi connectivity index (χ4n) is 0.832. The Morgan fingerprint density at radius 3 is 2.77 bits per heavy atom. The first-order chi connectivity index (χ1) is 6.20. The van der Waals surface area contributed by atoms with E-state index < -0.39 is 0 Å². The Labute approximate surface area is 79.2 Å². The highest BCUT2D eigenvalue weighted by atomic mass is 16.5. The van der Waals surface area contributed by atoms with E-state index in [0.29, 0.717) is 6.42 Å². The van der Waals surface area contributed by atoms with Crippen LogP contribution in [0, 0.1) is 0 Å². The van der Waals surface area contributed by atoms with Crippen LogP contribution in [0.1, 0.15) is 13.3 Å². The monoisotopic (exact) mass is 189 g/mol. The molecule has 3 N–H and O–H groups in total. The van der Waals surface area contributed by atoms with Crippen molar-refractivity contribution in [3.63, 3.8) is 0 Å². The van der Waals surface area contributed by atoms with Crippen molar-refractivity contribution < 1.29 is 9.94 Å². The van der Waals surface area contributed by atoms with E-state index in [2.05, 4.69) is 10.1 Å². The smallest absolute Gasteiger partial charge is 0.140 e. The number of hydrogen-bond donors (Lipinski definition) is 2. The fraction of sp³-hybridized carbons (Fsp3) is 0.875. The van der Waals surface area contributed by atoms with Crippen molar-refractivity contribution in [2.24, 2.45) is 10.9 Å². The summed E-state index contributed by atoms with van der Waals surface area (Å²) in [6.45, 7) is 5.09. The molecule has 13 heavy (non-hydrogen) atoms. The second kappa shape index (κ2) is 7.82. The lowest BCUT2D eigenvalue weighted by atomic mass is 10.4. The van der Waals surface area contributed by atoms with Gasteiger partial charge in [-0.1, -0.05) is 5.16 Å². The number of rotatable bonds is 7. The lowest BCUT2D eigenvalue weighted by Gasteiger charge is -2.15. The molecular weight excluding hydrogens is 170 g/mol. The predicted octanol–water partition coefficient (Wildman–Crippen LogP) is 0.0912. The first-order valence-electron chi connectivity index (χ1n) is 4.43. The summed E-state index contributed by atoms with van der Waals surface area (Å²) in [5.41, 5.74) is 5.32. The second-order valence-electron chi connectivity index (χ2n) is 2.84. The van der Waals surface area contributed by atoms with Gasteiger partial charge in [-0.2, -0.15) is 0 Å². The molecule has 0 saturated heterocycles. The maximum absolute atomic E-state index is 8.28. The molecule has 0 aromatic heterocycles. The molecule has 5 heteroatoms. The molecule has 0 rings (SSSR count). The van der Waals surface area contributed by atoms with Gasteiger partial charge in [0, 0.05) is 26.1 Å². The van der Waals surface area contributed by atoms with Crippen LogP contribution in [-0.4, -0.2) is 49.3 Å². The molecular formula is C8H19N3O2. The highest BCUT2D eigenvalue weighted by molar-refractivity contribution is 5.79. The van der Waals surface area contributed by atoms with Crippen molar-refractivity contribution in [2.75, 3.05) is 33.4 Å². The van der Waals surface area contributed by atoms with Gasteiger partial charge in [-0.15, -0.1) is 0 Å². The van der Waals surface area contributed by atoms with E-state index in [4.69, 9.17) is 15.7 Å². The molecule has 78 valence electrons. The van der Waals surface area contributed by atoms with Crippen LogP contribution in [0.2, 0.25) is 0 Å². The summed E-state index contributed by atoms with van der Waals surface area (Å²) in [5.74, 6) is 0.267. The molecule has 0 aromatic carbocycles. The van der Waals surface area contributed by atoms with Gasteiger partial charge in [0.05, 0.1) is 6.61 Å². The van der Waals surface area contributed by atoms with Crippen LogP contribution in [0.15, 0.2) is 5.16 Å². The molecule has 0 aromatic rings. The molecule has 0 unspecified atom stereocenters. The molecule has 0 fully saturated rings. The van der Waals surface area contributed by atoms with Gasteiger partial charge in [-0.3, -0.25) is 0 Å². The van der Waals surface area contributed by atoms with Gasteiger partial charge in [0.25, 0.3) is 0 Å². The van der Waals surface area contributed by atoms with Crippen LogP contribution in [0.4, 0.5) is 0 Å². The summed E-state index contributed by atoms with van der Waals surface area (Å²) in [4.78, 5) is 2.08. The minimum atomic E-state index is 0.267. The summed E-state index contributed by atoms with van der Waals surface area (Å²) in [6, 6.07) is 0. The Kier molecular flexibility index (Phi) is 7.33. The molecule has 0 spiro atoms. The van der Waals surface area contributed by atoms with Gasteiger partial charge < -0.3 is 20.6 Å². The lowest BCUT2D eigenvalue weighted by Crippen LogP contribution is -2.27. The van der Waals surface area contributed by atoms with Crippen molar-refractivity contribution >= 4 is 5.84 Å².